The minimum absolute atomic E-state index is 0.231. The number of carbonyl (C=O) groups excluding carboxylic acids is 1. The normalized spacial score (nSPS) is 20.6. The molecule has 104 valence electrons. The summed E-state index contributed by atoms with van der Waals surface area (Å²) in [6.45, 7) is 0. The van der Waals surface area contributed by atoms with Crippen LogP contribution in [0.3, 0.4) is 0 Å². The van der Waals surface area contributed by atoms with Crippen LogP contribution in [0.4, 0.5) is 0 Å². The van der Waals surface area contributed by atoms with Crippen molar-refractivity contribution < 1.29 is 14.7 Å². The zero-order valence-corrected chi connectivity index (χ0v) is 12.5. The highest BCUT2D eigenvalue weighted by Crippen LogP contribution is 2.22. The number of rotatable bonds is 4. The zero-order chi connectivity index (χ0) is 14.5. The second-order valence-corrected chi connectivity index (χ2v) is 6.01. The number of thioether (sulfide) groups is 1. The van der Waals surface area contributed by atoms with Crippen LogP contribution >= 0.6 is 27.7 Å². The Bertz CT molecular complexity index is 603. The Morgan fingerprint density at radius 1 is 1.55 bits per heavy atom. The molecular formula is C12H10BrN3O3S. The van der Waals surface area contributed by atoms with Crippen molar-refractivity contribution in [1.29, 1.82) is 0 Å². The first-order valence-corrected chi connectivity index (χ1v) is 7.28. The van der Waals surface area contributed by atoms with Gasteiger partial charge in [0.15, 0.2) is 5.17 Å². The molecule has 1 aliphatic rings. The molecule has 0 bridgehead atoms. The van der Waals surface area contributed by atoms with Crippen LogP contribution in [0.15, 0.2) is 38.9 Å². The van der Waals surface area contributed by atoms with Crippen molar-refractivity contribution in [2.75, 3.05) is 0 Å². The fraction of sp³-hybridized carbons (Fsp3) is 0.167. The molecule has 0 aliphatic carbocycles. The second kappa shape index (κ2) is 6.67. The summed E-state index contributed by atoms with van der Waals surface area (Å²) in [6, 6.07) is 7.50. The van der Waals surface area contributed by atoms with Crippen LogP contribution in [0.2, 0.25) is 0 Å². The summed E-state index contributed by atoms with van der Waals surface area (Å²) in [5, 5.41) is 18.6. The highest BCUT2D eigenvalue weighted by atomic mass is 79.9. The third kappa shape index (κ3) is 4.17. The summed E-state index contributed by atoms with van der Waals surface area (Å²) in [6.07, 6.45) is 1.32. The maximum atomic E-state index is 11.5. The van der Waals surface area contributed by atoms with E-state index in [1.165, 1.54) is 0 Å². The number of nitrogens with zero attached hydrogens (tertiary/aromatic N) is 2. The third-order valence-electron chi connectivity index (χ3n) is 2.34. The molecule has 2 rings (SSSR count). The van der Waals surface area contributed by atoms with Crippen LogP contribution in [0, 0.1) is 0 Å². The van der Waals surface area contributed by atoms with Crippen LogP contribution in [0.25, 0.3) is 0 Å². The number of carbonyl (C=O) groups is 2. The molecule has 1 saturated heterocycles. The average Bonchev–Trinajstić information content (AvgIpc) is 2.69. The van der Waals surface area contributed by atoms with Gasteiger partial charge in [0.25, 0.3) is 0 Å². The summed E-state index contributed by atoms with van der Waals surface area (Å²) in [7, 11) is 0. The second-order valence-electron chi connectivity index (χ2n) is 3.90. The Morgan fingerprint density at radius 2 is 2.35 bits per heavy atom. The van der Waals surface area contributed by atoms with E-state index in [1.807, 2.05) is 24.3 Å². The molecule has 0 radical (unpaired) electrons. The van der Waals surface area contributed by atoms with E-state index in [9.17, 15) is 9.59 Å². The lowest BCUT2D eigenvalue weighted by Gasteiger charge is -1.97. The predicted octanol–water partition coefficient (Wildman–Crippen LogP) is 1.85. The van der Waals surface area contributed by atoms with Crippen LogP contribution < -0.4 is 5.32 Å². The van der Waals surface area contributed by atoms with Gasteiger partial charge in [0.05, 0.1) is 12.6 Å². The van der Waals surface area contributed by atoms with Crippen molar-refractivity contribution in [3.8, 4) is 0 Å². The van der Waals surface area contributed by atoms with Crippen LogP contribution in [-0.4, -0.2) is 33.6 Å². The summed E-state index contributed by atoms with van der Waals surface area (Å²) in [5.41, 5.74) is 0.861. The van der Waals surface area contributed by atoms with E-state index in [4.69, 9.17) is 5.11 Å². The van der Waals surface area contributed by atoms with Crippen molar-refractivity contribution in [3.63, 3.8) is 0 Å². The predicted molar refractivity (Wildman–Crippen MR) is 80.9 cm³/mol. The van der Waals surface area contributed by atoms with Gasteiger partial charge < -0.3 is 10.4 Å². The molecule has 8 heteroatoms. The third-order valence-corrected chi connectivity index (χ3v) is 3.91. The molecule has 1 fully saturated rings. The maximum absolute atomic E-state index is 11.5. The lowest BCUT2D eigenvalue weighted by atomic mass is 10.2. The number of amidine groups is 1. The molecule has 2 N–H and O–H groups in total. The van der Waals surface area contributed by atoms with Gasteiger partial charge in [-0.3, -0.25) is 9.59 Å². The molecule has 1 heterocycles. The van der Waals surface area contributed by atoms with Gasteiger partial charge in [-0.05, 0) is 17.7 Å². The van der Waals surface area contributed by atoms with Crippen LogP contribution in [0.5, 0.6) is 0 Å². The van der Waals surface area contributed by atoms with E-state index in [0.717, 1.165) is 21.8 Å². The molecule has 0 aromatic heterocycles. The molecule has 0 unspecified atom stereocenters. The first-order valence-electron chi connectivity index (χ1n) is 5.60. The Labute approximate surface area is 127 Å². The number of nitrogens with one attached hydrogen (secondary N) is 1. The standard InChI is InChI=1S/C12H10BrN3O3S/c13-8-3-1-2-7(4-8)6-14-16-12-15-11(19)9(20-12)5-10(17)18/h1-4,6,9H,5H2,(H,17,18)(H,15,16,19)/b14-6-/t9-/m1/s1. The van der Waals surface area contributed by atoms with Gasteiger partial charge >= 0.3 is 5.97 Å². The van der Waals surface area contributed by atoms with Crippen LogP contribution in [0.1, 0.15) is 12.0 Å². The number of carboxylic acid groups (broad SMARTS) is 1. The minimum atomic E-state index is -1.02. The molecule has 6 nitrogen and oxygen atoms in total. The molecule has 1 amide bonds. The van der Waals surface area contributed by atoms with E-state index < -0.39 is 11.2 Å². The Hall–Kier alpha value is -1.67. The number of amides is 1. The fourth-order valence-corrected chi connectivity index (χ4v) is 2.81. The number of benzene rings is 1. The summed E-state index contributed by atoms with van der Waals surface area (Å²) in [5.74, 6) is -1.37. The van der Waals surface area contributed by atoms with Crippen molar-refractivity contribution in [2.45, 2.75) is 11.7 Å². The van der Waals surface area contributed by atoms with E-state index in [1.54, 1.807) is 6.21 Å². The van der Waals surface area contributed by atoms with Crippen molar-refractivity contribution in [1.82, 2.24) is 5.32 Å². The van der Waals surface area contributed by atoms with E-state index >= 15 is 0 Å². The Balaban J connectivity index is 1.99. The quantitative estimate of drug-likeness (QED) is 0.636. The summed E-state index contributed by atoms with van der Waals surface area (Å²) in [4.78, 5) is 22.0. The summed E-state index contributed by atoms with van der Waals surface area (Å²) >= 11 is 4.42. The van der Waals surface area contributed by atoms with E-state index in [0.29, 0.717) is 5.17 Å². The lowest BCUT2D eigenvalue weighted by molar-refractivity contribution is -0.138. The molecule has 20 heavy (non-hydrogen) atoms. The molecule has 1 aromatic carbocycles. The molecule has 1 aromatic rings. The largest absolute Gasteiger partial charge is 0.481 e. The number of carboxylic acids is 1. The van der Waals surface area contributed by atoms with Gasteiger partial charge in [0, 0.05) is 4.47 Å². The topological polar surface area (TPSA) is 91.1 Å². The van der Waals surface area contributed by atoms with E-state index in [-0.39, 0.29) is 12.3 Å². The first kappa shape index (κ1) is 14.7. The minimum Gasteiger partial charge on any atom is -0.481 e. The van der Waals surface area contributed by atoms with Gasteiger partial charge in [-0.2, -0.15) is 5.10 Å². The average molecular weight is 356 g/mol. The maximum Gasteiger partial charge on any atom is 0.305 e. The van der Waals surface area contributed by atoms with Crippen molar-refractivity contribution >= 4 is 51.0 Å². The van der Waals surface area contributed by atoms with Crippen molar-refractivity contribution in [2.24, 2.45) is 10.2 Å². The number of hydrogen-bond acceptors (Lipinski definition) is 5. The zero-order valence-electron chi connectivity index (χ0n) is 10.1. The molecule has 1 aliphatic heterocycles. The molecular weight excluding hydrogens is 346 g/mol. The van der Waals surface area contributed by atoms with Gasteiger partial charge in [-0.1, -0.05) is 39.8 Å². The van der Waals surface area contributed by atoms with Gasteiger partial charge in [-0.15, -0.1) is 5.10 Å². The van der Waals surface area contributed by atoms with Gasteiger partial charge in [0.2, 0.25) is 5.91 Å². The van der Waals surface area contributed by atoms with Crippen LogP contribution in [-0.2, 0) is 9.59 Å². The lowest BCUT2D eigenvalue weighted by Crippen LogP contribution is -2.26. The highest BCUT2D eigenvalue weighted by Gasteiger charge is 2.32. The SMILES string of the molecule is O=C(O)C[C@H]1S/C(=N\N=C/c2cccc(Br)c2)NC1=O. The number of hydrogen-bond donors (Lipinski definition) is 2. The number of halogens is 1. The van der Waals surface area contributed by atoms with Crippen molar-refractivity contribution in [3.05, 3.63) is 34.3 Å². The molecule has 0 spiro atoms. The summed E-state index contributed by atoms with van der Waals surface area (Å²) < 4.78 is 0.930. The van der Waals surface area contributed by atoms with Gasteiger partial charge in [0.1, 0.15) is 5.25 Å². The fourth-order valence-electron chi connectivity index (χ4n) is 1.48. The monoisotopic (exact) mass is 355 g/mol. The smallest absolute Gasteiger partial charge is 0.305 e. The highest BCUT2D eigenvalue weighted by molar-refractivity contribution is 9.10. The Kier molecular flexibility index (Phi) is 4.91. The molecule has 1 atom stereocenters. The van der Waals surface area contributed by atoms with E-state index in [2.05, 4.69) is 31.4 Å². The first-order chi connectivity index (χ1) is 9.54. The Morgan fingerprint density at radius 3 is 3.05 bits per heavy atom. The van der Waals surface area contributed by atoms with Gasteiger partial charge in [-0.25, -0.2) is 0 Å². The molecule has 0 saturated carbocycles. The number of aliphatic carboxylic acids is 1.